The number of rotatable bonds is 15. The zero-order valence-corrected chi connectivity index (χ0v) is 58.0. The molecule has 12 bridgehead atoms. The van der Waals surface area contributed by atoms with Crippen molar-refractivity contribution in [3.63, 3.8) is 0 Å². The topological polar surface area (TPSA) is 185 Å². The number of esters is 4. The quantitative estimate of drug-likeness (QED) is 0.0318. The average Bonchev–Trinajstić information content (AvgIpc) is 0.752. The van der Waals surface area contributed by atoms with E-state index in [1.807, 2.05) is 60.7 Å². The van der Waals surface area contributed by atoms with Crippen LogP contribution in [0.3, 0.4) is 0 Å². The molecule has 0 amide bonds. The van der Waals surface area contributed by atoms with Crippen LogP contribution in [0.1, 0.15) is 151 Å². The van der Waals surface area contributed by atoms with Crippen molar-refractivity contribution in [2.75, 3.05) is 7.11 Å². The van der Waals surface area contributed by atoms with Gasteiger partial charge in [-0.05, 0) is 235 Å². The number of carbonyl (C=O) groups is 6. The van der Waals surface area contributed by atoms with Gasteiger partial charge in [0.2, 0.25) is 6.10 Å². The summed E-state index contributed by atoms with van der Waals surface area (Å²) in [5.41, 5.74) is -2.13. The molecule has 5 aromatic rings. The van der Waals surface area contributed by atoms with Gasteiger partial charge < -0.3 is 38.7 Å². The number of benzene rings is 5. The van der Waals surface area contributed by atoms with Crippen LogP contribution < -0.4 is 39.8 Å². The Morgan fingerprint density at radius 3 is 0.737 bits per heavy atom. The fraction of sp³-hybridized carbons (Fsp3) is 0.507. The number of alkyl halides is 6. The van der Waals surface area contributed by atoms with Crippen molar-refractivity contribution in [3.8, 4) is 0 Å². The van der Waals surface area contributed by atoms with E-state index in [2.05, 4.69) is 30.0 Å². The monoisotopic (exact) mass is 1390 g/mol. The number of carboxylic acids is 2. The molecule has 12 aliphatic rings. The van der Waals surface area contributed by atoms with Gasteiger partial charge >= 0.3 is 71.2 Å². The molecule has 0 saturated heterocycles. The third-order valence-corrected chi connectivity index (χ3v) is 21.6. The minimum Gasteiger partial charge on any atom is -0.544 e. The summed E-state index contributed by atoms with van der Waals surface area (Å²) >= 11 is 6.71. The molecule has 3 atom stereocenters. The van der Waals surface area contributed by atoms with E-state index in [9.17, 15) is 65.3 Å². The predicted octanol–water partition coefficient (Wildman–Crippen LogP) is 9.58. The molecule has 17 rings (SSSR count). The predicted molar refractivity (Wildman–Crippen MR) is 341 cm³/mol. The van der Waals surface area contributed by atoms with E-state index in [0.29, 0.717) is 111 Å². The summed E-state index contributed by atoms with van der Waals surface area (Å²) in [6.45, 7) is 0. The second-order valence-corrected chi connectivity index (χ2v) is 29.0. The third kappa shape index (κ3) is 17.3. The number of carbonyl (C=O) groups excluding carboxylic acids is 6. The molecule has 0 heterocycles. The first kappa shape index (κ1) is 75.3. The van der Waals surface area contributed by atoms with Gasteiger partial charge in [-0.15, -0.1) is 12.4 Å². The summed E-state index contributed by atoms with van der Waals surface area (Å²) in [6, 6.07) is 42.3. The van der Waals surface area contributed by atoms with Gasteiger partial charge in [-0.2, -0.15) is 26.3 Å². The summed E-state index contributed by atoms with van der Waals surface area (Å²) in [4.78, 5) is 75.1. The Labute approximate surface area is 589 Å². The molecule has 95 heavy (non-hydrogen) atoms. The zero-order valence-electron chi connectivity index (χ0n) is 53.2. The number of ether oxygens (including phenoxy) is 4. The van der Waals surface area contributed by atoms with Crippen LogP contribution in [0.15, 0.2) is 161 Å². The van der Waals surface area contributed by atoms with Crippen LogP contribution >= 0.6 is 12.4 Å². The number of hydrogen-bond acceptors (Lipinski definition) is 12. The molecule has 0 N–H and O–H groups in total. The molecular weight excluding hydrogens is 1310 g/mol. The average molecular weight is 1390 g/mol. The molecule has 12 nitrogen and oxygen atoms in total. The van der Waals surface area contributed by atoms with E-state index in [0.717, 1.165) is 74.7 Å². The molecule has 3 unspecified atom stereocenters. The van der Waals surface area contributed by atoms with E-state index in [1.54, 1.807) is 30.3 Å². The van der Waals surface area contributed by atoms with E-state index in [1.165, 1.54) is 60.7 Å². The molecule has 12 fully saturated rings. The second kappa shape index (κ2) is 31.6. The van der Waals surface area contributed by atoms with Crippen LogP contribution in [-0.4, -0.2) is 60.7 Å². The summed E-state index contributed by atoms with van der Waals surface area (Å²) in [6.07, 6.45) is 9.79. The maximum absolute atomic E-state index is 14.7. The van der Waals surface area contributed by atoms with E-state index in [4.69, 9.17) is 14.2 Å². The minimum atomic E-state index is -4.29. The molecule has 0 radical (unpaired) electrons. The Morgan fingerprint density at radius 2 is 0.568 bits per heavy atom. The Bertz CT molecular complexity index is 3150. The maximum atomic E-state index is 14.7. The fourth-order valence-electron chi connectivity index (χ4n) is 18.0. The number of methoxy groups -OCH3 is 1. The summed E-state index contributed by atoms with van der Waals surface area (Å²) < 4.78 is 107. The maximum Gasteiger partial charge on any atom is 1.00 e. The van der Waals surface area contributed by atoms with E-state index >= 15 is 0 Å². The normalized spacial score (nSPS) is 29.0. The molecule has 506 valence electrons. The zero-order chi connectivity index (χ0) is 66.5. The van der Waals surface area contributed by atoms with Crippen molar-refractivity contribution >= 4 is 73.5 Å². The van der Waals surface area contributed by atoms with Crippen LogP contribution in [-0.2, 0) is 73.0 Å². The van der Waals surface area contributed by atoms with Gasteiger partial charge in [-0.3, -0.25) is 14.4 Å². The number of hydrogen-bond donors (Lipinski definition) is 0. The number of halogens is 7. The van der Waals surface area contributed by atoms with Crippen LogP contribution in [0.4, 0.5) is 26.3 Å². The number of aliphatic carboxylic acids is 2. The molecule has 0 spiro atoms. The summed E-state index contributed by atoms with van der Waals surface area (Å²) in [7, 11) is 0.902. The van der Waals surface area contributed by atoms with Crippen molar-refractivity contribution in [2.45, 2.75) is 161 Å². The largest absolute Gasteiger partial charge is 1.00 e. The molecular formula is C73H81ClF6NaO12S2+. The van der Waals surface area contributed by atoms with Crippen LogP contribution in [0.2, 0.25) is 0 Å². The molecule has 0 aromatic heterocycles. The Morgan fingerprint density at radius 1 is 0.379 bits per heavy atom. The minimum absolute atomic E-state index is 0. The molecule has 12 saturated carbocycles. The van der Waals surface area contributed by atoms with Gasteiger partial charge in [-0.1, -0.05) is 127 Å². The summed E-state index contributed by atoms with van der Waals surface area (Å²) in [5, 5.41) is 22.0. The van der Waals surface area contributed by atoms with Gasteiger partial charge in [0, 0.05) is 0 Å². The fourth-order valence-corrected chi connectivity index (χ4v) is 18.4. The first-order valence-corrected chi connectivity index (χ1v) is 33.2. The molecule has 22 heteroatoms. The molecule has 12 aliphatic carbocycles. The van der Waals surface area contributed by atoms with E-state index < -0.39 is 88.1 Å². The van der Waals surface area contributed by atoms with Crippen molar-refractivity contribution in [3.05, 3.63) is 168 Å². The standard InChI is InChI=1S/C21H24F2O4.2C20H22F2O4.2C6H6S.ClH.Na/c1-26-19(25)21(22,23)17(16-5-3-2-4-6-16)27-18(24)20-10-13-7-14(11-20)9-15(8-13)12-20;2*21-20(22,17(23)24)16(15-4-2-1-3-5-15)26-18(25)19-9-12-6-13(10-19)8-14(7-12)11-19;2*7-6-4-2-1-3-5-6;;/h2-6,13-15,17H,7-12H2,1H3;2*1-5,12-14,16H,6-11H2,(H,23,24);2*1-5,7H;1H;/q;;;;;;+1. The number of carboxylic acid groups (broad SMARTS) is 2. The first-order valence-electron chi connectivity index (χ1n) is 32.2. The molecule has 5 aromatic carbocycles. The van der Waals surface area contributed by atoms with Crippen molar-refractivity contribution in [1.29, 1.82) is 0 Å². The van der Waals surface area contributed by atoms with Crippen LogP contribution in [0.5, 0.6) is 0 Å². The van der Waals surface area contributed by atoms with Gasteiger partial charge in [0.1, 0.15) is 21.7 Å². The van der Waals surface area contributed by atoms with Crippen LogP contribution in [0, 0.1) is 69.5 Å². The van der Waals surface area contributed by atoms with Gasteiger partial charge in [-0.25, -0.2) is 4.79 Å². The smallest absolute Gasteiger partial charge is 0.544 e. The van der Waals surface area contributed by atoms with Gasteiger partial charge in [0.15, 0.2) is 12.2 Å². The Hall–Kier alpha value is -5.51. The van der Waals surface area contributed by atoms with E-state index in [-0.39, 0.29) is 58.7 Å². The Balaban J connectivity index is 0.000000163. The second-order valence-electron chi connectivity index (χ2n) is 27.8. The van der Waals surface area contributed by atoms with Crippen molar-refractivity contribution in [2.24, 2.45) is 69.5 Å². The molecule has 0 aliphatic heterocycles. The Kier molecular flexibility index (Phi) is 25.0. The van der Waals surface area contributed by atoms with Crippen molar-refractivity contribution < 1.29 is 114 Å². The third-order valence-electron chi connectivity index (χ3n) is 20.9. The van der Waals surface area contributed by atoms with Gasteiger partial charge in [0.25, 0.3) is 0 Å². The summed E-state index contributed by atoms with van der Waals surface area (Å²) in [5.74, 6) is -17.1. The van der Waals surface area contributed by atoms with Crippen molar-refractivity contribution in [1.82, 2.24) is 0 Å². The van der Waals surface area contributed by atoms with Gasteiger partial charge in [0.05, 0.1) is 23.4 Å². The van der Waals surface area contributed by atoms with Crippen LogP contribution in [0.25, 0.3) is 0 Å². The SMILES string of the molecule is COC(=O)C(F)(F)C(OC(=O)C12CC3CC(CC(C3)C1)C2)c1ccccc1.Cl.O=C(OC(c1ccccc1)C(F)(F)C(=O)[O-])C12CC3CC(CC(C3)C1)C2.O=C(OC(c1ccccc1)C(F)(F)C(=O)[O-])C12CC3CC(CC(C3)C1)C2.[Na+].[SH2+]c1ccccc1.[SH2+]c1ccccc1. The first-order chi connectivity index (χ1) is 44.2.